The van der Waals surface area contributed by atoms with Crippen LogP contribution in [0.5, 0.6) is 5.75 Å². The van der Waals surface area contributed by atoms with Gasteiger partial charge in [0.1, 0.15) is 12.4 Å². The van der Waals surface area contributed by atoms with E-state index in [4.69, 9.17) is 4.74 Å². The zero-order valence-electron chi connectivity index (χ0n) is 5.90. The molecule has 1 aromatic carbocycles. The first-order chi connectivity index (χ1) is 4.97. The Bertz CT molecular complexity index is 268. The number of fused-ring (bicyclic) bond motifs is 1. The minimum atomic E-state index is 0. The molecule has 1 aliphatic heterocycles. The van der Waals surface area contributed by atoms with Gasteiger partial charge in [-0.3, -0.25) is 0 Å². The largest absolute Gasteiger partial charge is 0.489 e. The molecule has 0 aliphatic carbocycles. The SMILES string of the molecule is C.C1=Cc2ccccc2OC1.[Ni]. The molecule has 12 heavy (non-hydrogen) atoms. The summed E-state index contributed by atoms with van der Waals surface area (Å²) in [6, 6.07) is 8.03. The third-order valence-corrected chi connectivity index (χ3v) is 1.55. The summed E-state index contributed by atoms with van der Waals surface area (Å²) in [6.45, 7) is 0.705. The van der Waals surface area contributed by atoms with Gasteiger partial charge in [-0.2, -0.15) is 0 Å². The topological polar surface area (TPSA) is 9.23 Å². The number of para-hydroxylation sites is 1. The van der Waals surface area contributed by atoms with Crippen LogP contribution in [-0.4, -0.2) is 6.61 Å². The molecule has 0 bridgehead atoms. The van der Waals surface area contributed by atoms with Crippen LogP contribution in [0.15, 0.2) is 30.3 Å². The molecule has 2 rings (SSSR count). The molecule has 0 saturated carbocycles. The molecule has 0 aromatic heterocycles. The van der Waals surface area contributed by atoms with Crippen LogP contribution in [0.1, 0.15) is 13.0 Å². The smallest absolute Gasteiger partial charge is 0.126 e. The molecule has 0 spiro atoms. The van der Waals surface area contributed by atoms with E-state index in [0.29, 0.717) is 6.61 Å². The average molecular weight is 207 g/mol. The van der Waals surface area contributed by atoms with Gasteiger partial charge in [0.2, 0.25) is 0 Å². The predicted molar refractivity (Wildman–Crippen MR) is 47.7 cm³/mol. The van der Waals surface area contributed by atoms with Crippen molar-refractivity contribution in [3.05, 3.63) is 35.9 Å². The number of rotatable bonds is 0. The van der Waals surface area contributed by atoms with Crippen molar-refractivity contribution in [1.82, 2.24) is 0 Å². The Morgan fingerprint density at radius 1 is 1.17 bits per heavy atom. The van der Waals surface area contributed by atoms with Crippen LogP contribution in [0.3, 0.4) is 0 Å². The van der Waals surface area contributed by atoms with Crippen LogP contribution in [0.4, 0.5) is 0 Å². The van der Waals surface area contributed by atoms with E-state index in [0.717, 1.165) is 5.75 Å². The van der Waals surface area contributed by atoms with Gasteiger partial charge in [-0.25, -0.2) is 0 Å². The van der Waals surface area contributed by atoms with Crippen LogP contribution in [-0.2, 0) is 16.5 Å². The van der Waals surface area contributed by atoms with E-state index in [9.17, 15) is 0 Å². The third-order valence-electron chi connectivity index (χ3n) is 1.55. The quantitative estimate of drug-likeness (QED) is 0.594. The van der Waals surface area contributed by atoms with E-state index in [1.807, 2.05) is 30.3 Å². The summed E-state index contributed by atoms with van der Waals surface area (Å²) in [5.74, 6) is 0.991. The van der Waals surface area contributed by atoms with Gasteiger partial charge in [0.15, 0.2) is 0 Å². The second-order valence-corrected chi connectivity index (χ2v) is 2.25. The molecule has 1 nitrogen and oxygen atoms in total. The average Bonchev–Trinajstić information content (AvgIpc) is 2.05. The summed E-state index contributed by atoms with van der Waals surface area (Å²) < 4.78 is 5.34. The van der Waals surface area contributed by atoms with Crippen LogP contribution in [0, 0.1) is 0 Å². The van der Waals surface area contributed by atoms with Crippen molar-refractivity contribution >= 4 is 6.08 Å². The summed E-state index contributed by atoms with van der Waals surface area (Å²) in [4.78, 5) is 0. The summed E-state index contributed by atoms with van der Waals surface area (Å²) in [7, 11) is 0. The molecule has 0 radical (unpaired) electrons. The van der Waals surface area contributed by atoms with Crippen LogP contribution in [0.25, 0.3) is 6.08 Å². The van der Waals surface area contributed by atoms with E-state index in [-0.39, 0.29) is 23.9 Å². The van der Waals surface area contributed by atoms with E-state index in [1.165, 1.54) is 5.56 Å². The third kappa shape index (κ3) is 2.12. The first-order valence-corrected chi connectivity index (χ1v) is 3.35. The minimum Gasteiger partial charge on any atom is -0.489 e. The first-order valence-electron chi connectivity index (χ1n) is 3.35. The number of ether oxygens (including phenoxy) is 1. The van der Waals surface area contributed by atoms with Crippen molar-refractivity contribution < 1.29 is 21.2 Å². The Kier molecular flexibility index (Phi) is 4.69. The van der Waals surface area contributed by atoms with Gasteiger partial charge in [0, 0.05) is 22.1 Å². The Labute approximate surface area is 83.4 Å². The normalized spacial score (nSPS) is 11.7. The maximum atomic E-state index is 5.34. The molecule has 0 fully saturated rings. The molecule has 2 heteroatoms. The van der Waals surface area contributed by atoms with Crippen molar-refractivity contribution in [1.29, 1.82) is 0 Å². The van der Waals surface area contributed by atoms with Gasteiger partial charge in [0.25, 0.3) is 0 Å². The molecule has 0 amide bonds. The van der Waals surface area contributed by atoms with Crippen molar-refractivity contribution in [3.63, 3.8) is 0 Å². The summed E-state index contributed by atoms with van der Waals surface area (Å²) in [5.41, 5.74) is 1.17. The summed E-state index contributed by atoms with van der Waals surface area (Å²) in [5, 5.41) is 0. The Balaban J connectivity index is 0.000000605. The van der Waals surface area contributed by atoms with Gasteiger partial charge in [-0.15, -0.1) is 0 Å². The maximum Gasteiger partial charge on any atom is 0.126 e. The predicted octanol–water partition coefficient (Wildman–Crippen LogP) is 2.73. The Hall–Kier alpha value is -0.746. The van der Waals surface area contributed by atoms with Gasteiger partial charge in [-0.1, -0.05) is 31.7 Å². The van der Waals surface area contributed by atoms with Crippen LogP contribution < -0.4 is 4.74 Å². The summed E-state index contributed by atoms with van der Waals surface area (Å²) in [6.07, 6.45) is 4.10. The second-order valence-electron chi connectivity index (χ2n) is 2.25. The zero-order valence-corrected chi connectivity index (χ0v) is 6.88. The molecule has 1 heterocycles. The van der Waals surface area contributed by atoms with E-state index < -0.39 is 0 Å². The van der Waals surface area contributed by atoms with E-state index in [2.05, 4.69) is 6.08 Å². The van der Waals surface area contributed by atoms with Crippen molar-refractivity contribution in [2.24, 2.45) is 0 Å². The second kappa shape index (κ2) is 5.00. The molecular weight excluding hydrogens is 195 g/mol. The van der Waals surface area contributed by atoms with Crippen LogP contribution in [0.2, 0.25) is 0 Å². The zero-order chi connectivity index (χ0) is 6.81. The van der Waals surface area contributed by atoms with Crippen molar-refractivity contribution in [3.8, 4) is 5.75 Å². The number of hydrogen-bond donors (Lipinski definition) is 0. The van der Waals surface area contributed by atoms with Crippen LogP contribution >= 0.6 is 0 Å². The maximum absolute atomic E-state index is 5.34. The van der Waals surface area contributed by atoms with E-state index in [1.54, 1.807) is 0 Å². The van der Waals surface area contributed by atoms with Gasteiger partial charge >= 0.3 is 0 Å². The number of benzene rings is 1. The fourth-order valence-corrected chi connectivity index (χ4v) is 1.06. The molecule has 0 unspecified atom stereocenters. The van der Waals surface area contributed by atoms with Crippen molar-refractivity contribution in [2.45, 2.75) is 7.43 Å². The number of hydrogen-bond acceptors (Lipinski definition) is 1. The first kappa shape index (κ1) is 11.3. The Morgan fingerprint density at radius 3 is 2.67 bits per heavy atom. The van der Waals surface area contributed by atoms with Crippen molar-refractivity contribution in [2.75, 3.05) is 6.61 Å². The Morgan fingerprint density at radius 2 is 1.92 bits per heavy atom. The monoisotopic (exact) mass is 206 g/mol. The van der Waals surface area contributed by atoms with E-state index >= 15 is 0 Å². The summed E-state index contributed by atoms with van der Waals surface area (Å²) >= 11 is 0. The molecule has 0 saturated heterocycles. The van der Waals surface area contributed by atoms with Gasteiger partial charge in [-0.05, 0) is 12.1 Å². The molecule has 0 atom stereocenters. The van der Waals surface area contributed by atoms with Gasteiger partial charge < -0.3 is 4.74 Å². The molecule has 0 N–H and O–H groups in total. The molecule has 68 valence electrons. The molecule has 1 aliphatic rings. The molecule has 1 aromatic rings. The van der Waals surface area contributed by atoms with Gasteiger partial charge in [0.05, 0.1) is 0 Å². The minimum absolute atomic E-state index is 0. The fourth-order valence-electron chi connectivity index (χ4n) is 1.06. The molecular formula is C10H12NiO. The fraction of sp³-hybridized carbons (Fsp3) is 0.200. The standard InChI is InChI=1S/C9H8O.CH4.Ni/c1-2-6-9-8(4-1)5-3-7-10-9;;/h1-6H,7H2;1H4;.